The van der Waals surface area contributed by atoms with E-state index in [0.717, 1.165) is 25.9 Å². The fraction of sp³-hybridized carbons (Fsp3) is 0.562. The van der Waals surface area contributed by atoms with Crippen LogP contribution in [0.2, 0.25) is 0 Å². The van der Waals surface area contributed by atoms with Crippen molar-refractivity contribution in [1.29, 1.82) is 0 Å². The highest BCUT2D eigenvalue weighted by Gasteiger charge is 2.25. The van der Waals surface area contributed by atoms with Gasteiger partial charge in [0.2, 0.25) is 5.91 Å². The SMILES string of the molecule is Cc1ccccc1CCC(=O)N1CCC(N)C(C)C1.Cl. The summed E-state index contributed by atoms with van der Waals surface area (Å²) < 4.78 is 0. The third kappa shape index (κ3) is 4.22. The van der Waals surface area contributed by atoms with Gasteiger partial charge in [-0.15, -0.1) is 12.4 Å². The minimum Gasteiger partial charge on any atom is -0.342 e. The number of nitrogens with zero attached hydrogens (tertiary/aromatic N) is 1. The third-order valence-electron chi connectivity index (χ3n) is 4.19. The van der Waals surface area contributed by atoms with Crippen molar-refractivity contribution in [3.8, 4) is 0 Å². The van der Waals surface area contributed by atoms with Crippen molar-refractivity contribution in [3.63, 3.8) is 0 Å². The molecule has 1 heterocycles. The molecule has 1 aliphatic rings. The zero-order chi connectivity index (χ0) is 13.8. The number of hydrogen-bond acceptors (Lipinski definition) is 2. The molecule has 1 saturated heterocycles. The van der Waals surface area contributed by atoms with Crippen LogP contribution in [0.5, 0.6) is 0 Å². The molecule has 4 heteroatoms. The second-order valence-corrected chi connectivity index (χ2v) is 5.70. The molecule has 2 N–H and O–H groups in total. The number of rotatable bonds is 3. The van der Waals surface area contributed by atoms with E-state index < -0.39 is 0 Å². The molecule has 1 fully saturated rings. The van der Waals surface area contributed by atoms with Crippen LogP contribution in [0.25, 0.3) is 0 Å². The minimum absolute atomic E-state index is 0. The van der Waals surface area contributed by atoms with Gasteiger partial charge in [-0.05, 0) is 36.8 Å². The number of aryl methyl sites for hydroxylation is 2. The Balaban J connectivity index is 0.00000200. The Labute approximate surface area is 127 Å². The molecule has 112 valence electrons. The van der Waals surface area contributed by atoms with Crippen LogP contribution in [0.15, 0.2) is 24.3 Å². The first-order valence-electron chi connectivity index (χ1n) is 7.16. The smallest absolute Gasteiger partial charge is 0.222 e. The molecular weight excluding hydrogens is 272 g/mol. The second kappa shape index (κ2) is 7.65. The van der Waals surface area contributed by atoms with E-state index in [9.17, 15) is 4.79 Å². The Morgan fingerprint density at radius 3 is 2.75 bits per heavy atom. The molecule has 0 radical (unpaired) electrons. The number of hydrogen-bond donors (Lipinski definition) is 1. The van der Waals surface area contributed by atoms with E-state index in [2.05, 4.69) is 26.0 Å². The molecule has 2 atom stereocenters. The van der Waals surface area contributed by atoms with E-state index in [-0.39, 0.29) is 24.4 Å². The lowest BCUT2D eigenvalue weighted by Crippen LogP contribution is -2.48. The number of benzene rings is 1. The highest BCUT2D eigenvalue weighted by atomic mass is 35.5. The number of piperidine rings is 1. The molecule has 1 amide bonds. The number of amides is 1. The van der Waals surface area contributed by atoms with Gasteiger partial charge in [-0.2, -0.15) is 0 Å². The Hall–Kier alpha value is -1.06. The Morgan fingerprint density at radius 1 is 1.40 bits per heavy atom. The van der Waals surface area contributed by atoms with E-state index >= 15 is 0 Å². The van der Waals surface area contributed by atoms with Crippen LogP contribution >= 0.6 is 12.4 Å². The molecule has 0 spiro atoms. The predicted octanol–water partition coefficient (Wildman–Crippen LogP) is 2.55. The highest BCUT2D eigenvalue weighted by Crippen LogP contribution is 2.17. The van der Waals surface area contributed by atoms with Crippen molar-refractivity contribution in [2.75, 3.05) is 13.1 Å². The summed E-state index contributed by atoms with van der Waals surface area (Å²) in [6.07, 6.45) is 2.37. The van der Waals surface area contributed by atoms with Crippen LogP contribution < -0.4 is 5.73 Å². The average molecular weight is 297 g/mol. The predicted molar refractivity (Wildman–Crippen MR) is 85.1 cm³/mol. The average Bonchev–Trinajstić information content (AvgIpc) is 2.40. The summed E-state index contributed by atoms with van der Waals surface area (Å²) in [5.41, 5.74) is 8.53. The van der Waals surface area contributed by atoms with Gasteiger partial charge in [0.15, 0.2) is 0 Å². The fourth-order valence-corrected chi connectivity index (χ4v) is 2.68. The Kier molecular flexibility index (Phi) is 6.50. The normalized spacial score (nSPS) is 22.2. The quantitative estimate of drug-likeness (QED) is 0.932. The summed E-state index contributed by atoms with van der Waals surface area (Å²) in [7, 11) is 0. The maximum atomic E-state index is 12.2. The van der Waals surface area contributed by atoms with Gasteiger partial charge in [0.05, 0.1) is 0 Å². The van der Waals surface area contributed by atoms with Crippen LogP contribution in [0, 0.1) is 12.8 Å². The molecule has 2 unspecified atom stereocenters. The lowest BCUT2D eigenvalue weighted by molar-refractivity contribution is -0.133. The number of nitrogens with two attached hydrogens (primary N) is 1. The first-order valence-corrected chi connectivity index (χ1v) is 7.16. The van der Waals surface area contributed by atoms with E-state index in [4.69, 9.17) is 5.73 Å². The molecular formula is C16H25ClN2O. The summed E-state index contributed by atoms with van der Waals surface area (Å²) in [5, 5.41) is 0. The van der Waals surface area contributed by atoms with Gasteiger partial charge < -0.3 is 10.6 Å². The van der Waals surface area contributed by atoms with Crippen molar-refractivity contribution < 1.29 is 4.79 Å². The highest BCUT2D eigenvalue weighted by molar-refractivity contribution is 5.85. The van der Waals surface area contributed by atoms with Gasteiger partial charge in [0.25, 0.3) is 0 Å². The summed E-state index contributed by atoms with van der Waals surface area (Å²) in [6.45, 7) is 5.86. The summed E-state index contributed by atoms with van der Waals surface area (Å²) in [5.74, 6) is 0.679. The van der Waals surface area contributed by atoms with Crippen molar-refractivity contribution in [2.45, 2.75) is 39.2 Å². The van der Waals surface area contributed by atoms with Crippen molar-refractivity contribution >= 4 is 18.3 Å². The van der Waals surface area contributed by atoms with Crippen LogP contribution in [0.3, 0.4) is 0 Å². The van der Waals surface area contributed by atoms with Crippen molar-refractivity contribution in [3.05, 3.63) is 35.4 Å². The van der Waals surface area contributed by atoms with Gasteiger partial charge in [-0.3, -0.25) is 4.79 Å². The Bertz CT molecular complexity index is 450. The van der Waals surface area contributed by atoms with Crippen molar-refractivity contribution in [2.24, 2.45) is 11.7 Å². The molecule has 2 rings (SSSR count). The molecule has 20 heavy (non-hydrogen) atoms. The molecule has 1 aromatic rings. The van der Waals surface area contributed by atoms with E-state index in [1.165, 1.54) is 11.1 Å². The van der Waals surface area contributed by atoms with E-state index in [1.807, 2.05) is 17.0 Å². The topological polar surface area (TPSA) is 46.3 Å². The van der Waals surface area contributed by atoms with Crippen LogP contribution in [-0.2, 0) is 11.2 Å². The lowest BCUT2D eigenvalue weighted by atomic mass is 9.94. The molecule has 0 bridgehead atoms. The largest absolute Gasteiger partial charge is 0.342 e. The van der Waals surface area contributed by atoms with E-state index in [0.29, 0.717) is 12.3 Å². The molecule has 1 aliphatic heterocycles. The summed E-state index contributed by atoms with van der Waals surface area (Å²) in [4.78, 5) is 14.2. The van der Waals surface area contributed by atoms with E-state index in [1.54, 1.807) is 0 Å². The maximum Gasteiger partial charge on any atom is 0.222 e. The first kappa shape index (κ1) is 17.0. The Morgan fingerprint density at radius 2 is 2.10 bits per heavy atom. The third-order valence-corrected chi connectivity index (χ3v) is 4.19. The monoisotopic (exact) mass is 296 g/mol. The summed E-state index contributed by atoms with van der Waals surface area (Å²) >= 11 is 0. The zero-order valence-corrected chi connectivity index (χ0v) is 13.2. The van der Waals surface area contributed by atoms with Crippen LogP contribution in [-0.4, -0.2) is 29.9 Å². The van der Waals surface area contributed by atoms with Crippen LogP contribution in [0.4, 0.5) is 0 Å². The van der Waals surface area contributed by atoms with Gasteiger partial charge in [-0.25, -0.2) is 0 Å². The number of carbonyl (C=O) groups excluding carboxylic acids is 1. The van der Waals surface area contributed by atoms with Gasteiger partial charge in [0.1, 0.15) is 0 Å². The maximum absolute atomic E-state index is 12.2. The number of halogens is 1. The van der Waals surface area contributed by atoms with Gasteiger partial charge >= 0.3 is 0 Å². The van der Waals surface area contributed by atoms with Crippen molar-refractivity contribution in [1.82, 2.24) is 4.90 Å². The first-order chi connectivity index (χ1) is 9.08. The number of carbonyl (C=O) groups is 1. The minimum atomic E-state index is 0. The zero-order valence-electron chi connectivity index (χ0n) is 12.3. The van der Waals surface area contributed by atoms with Crippen LogP contribution in [0.1, 0.15) is 30.9 Å². The molecule has 1 aromatic carbocycles. The standard InChI is InChI=1S/C16H24N2O.ClH/c1-12-5-3-4-6-14(12)7-8-16(19)18-10-9-15(17)13(2)11-18;/h3-6,13,15H,7-11,17H2,1-2H3;1H. The molecule has 0 aromatic heterocycles. The lowest BCUT2D eigenvalue weighted by Gasteiger charge is -2.35. The molecule has 0 aliphatic carbocycles. The van der Waals surface area contributed by atoms with Gasteiger partial charge in [-0.1, -0.05) is 31.2 Å². The summed E-state index contributed by atoms with van der Waals surface area (Å²) in [6, 6.07) is 8.53. The fourth-order valence-electron chi connectivity index (χ4n) is 2.68. The molecule has 0 saturated carbocycles. The van der Waals surface area contributed by atoms with Gasteiger partial charge in [0, 0.05) is 25.6 Å². The number of likely N-dealkylation sites (tertiary alicyclic amines) is 1. The molecule has 3 nitrogen and oxygen atoms in total. The second-order valence-electron chi connectivity index (χ2n) is 5.70.